The molecule has 2 aliphatic rings. The third-order valence-corrected chi connectivity index (χ3v) is 4.40. The number of carbonyl (C=O) groups excluding carboxylic acids is 1. The number of aliphatic carboxylic acids is 1. The molecule has 0 saturated carbocycles. The summed E-state index contributed by atoms with van der Waals surface area (Å²) in [4.78, 5) is 24.4. The summed E-state index contributed by atoms with van der Waals surface area (Å²) in [5.41, 5.74) is 1.46. The van der Waals surface area contributed by atoms with Gasteiger partial charge in [-0.15, -0.1) is 0 Å². The normalized spacial score (nSPS) is 20.9. The van der Waals surface area contributed by atoms with E-state index in [9.17, 15) is 9.59 Å². The highest BCUT2D eigenvalue weighted by atomic mass is 16.4. The third kappa shape index (κ3) is 3.74. The van der Waals surface area contributed by atoms with Crippen LogP contribution >= 0.6 is 0 Å². The Morgan fingerprint density at radius 1 is 1.45 bits per heavy atom. The zero-order chi connectivity index (χ0) is 14.5. The number of carboxylic acid groups (broad SMARTS) is 1. The Hall–Kier alpha value is -1.52. The van der Waals surface area contributed by atoms with Crippen molar-refractivity contribution >= 4 is 12.0 Å². The maximum Gasteiger partial charge on any atom is 0.317 e. The highest BCUT2D eigenvalue weighted by Gasteiger charge is 2.36. The number of urea groups is 1. The number of nitrogens with zero attached hydrogens (tertiary/aromatic N) is 1. The Labute approximate surface area is 120 Å². The summed E-state index contributed by atoms with van der Waals surface area (Å²) >= 11 is 0. The lowest BCUT2D eigenvalue weighted by Crippen LogP contribution is -2.56. The average Bonchev–Trinajstić information content (AvgIpc) is 2.38. The van der Waals surface area contributed by atoms with E-state index in [4.69, 9.17) is 5.11 Å². The van der Waals surface area contributed by atoms with Gasteiger partial charge < -0.3 is 15.3 Å². The Kier molecular flexibility index (Phi) is 5.04. The molecule has 0 aromatic carbocycles. The van der Waals surface area contributed by atoms with Crippen LogP contribution in [0.15, 0.2) is 11.6 Å². The van der Waals surface area contributed by atoms with Crippen LogP contribution < -0.4 is 5.32 Å². The number of carboxylic acids is 1. The molecule has 5 nitrogen and oxygen atoms in total. The Balaban J connectivity index is 1.62. The van der Waals surface area contributed by atoms with E-state index in [-0.39, 0.29) is 17.9 Å². The molecule has 0 aromatic heterocycles. The molecule has 1 atom stereocenters. The Morgan fingerprint density at radius 3 is 2.80 bits per heavy atom. The van der Waals surface area contributed by atoms with Crippen molar-refractivity contribution in [2.24, 2.45) is 11.8 Å². The van der Waals surface area contributed by atoms with Gasteiger partial charge in [-0.2, -0.15) is 0 Å². The van der Waals surface area contributed by atoms with Gasteiger partial charge in [0.2, 0.25) is 0 Å². The van der Waals surface area contributed by atoms with Crippen molar-refractivity contribution in [3.8, 4) is 0 Å². The van der Waals surface area contributed by atoms with Gasteiger partial charge in [0.15, 0.2) is 0 Å². The topological polar surface area (TPSA) is 69.6 Å². The van der Waals surface area contributed by atoms with Crippen molar-refractivity contribution in [3.63, 3.8) is 0 Å². The summed E-state index contributed by atoms with van der Waals surface area (Å²) in [6.07, 6.45) is 8.12. The summed E-state index contributed by atoms with van der Waals surface area (Å²) < 4.78 is 0. The second-order valence-corrected chi connectivity index (χ2v) is 5.88. The molecule has 2 amide bonds. The third-order valence-electron chi connectivity index (χ3n) is 4.40. The average molecular weight is 280 g/mol. The van der Waals surface area contributed by atoms with E-state index >= 15 is 0 Å². The van der Waals surface area contributed by atoms with Crippen LogP contribution in [0.1, 0.15) is 39.0 Å². The van der Waals surface area contributed by atoms with Crippen molar-refractivity contribution in [2.75, 3.05) is 19.6 Å². The molecule has 1 aliphatic carbocycles. The number of hydrogen-bond donors (Lipinski definition) is 2. The smallest absolute Gasteiger partial charge is 0.317 e. The molecule has 0 radical (unpaired) electrons. The minimum Gasteiger partial charge on any atom is -0.481 e. The molecule has 0 aromatic rings. The van der Waals surface area contributed by atoms with Gasteiger partial charge in [-0.25, -0.2) is 4.79 Å². The minimum absolute atomic E-state index is 0.0600. The highest BCUT2D eigenvalue weighted by Crippen LogP contribution is 2.24. The van der Waals surface area contributed by atoms with Crippen LogP contribution in [0.3, 0.4) is 0 Å². The van der Waals surface area contributed by atoms with E-state index in [0.29, 0.717) is 19.6 Å². The quantitative estimate of drug-likeness (QED) is 0.759. The van der Waals surface area contributed by atoms with E-state index in [1.165, 1.54) is 24.8 Å². The van der Waals surface area contributed by atoms with Crippen LogP contribution in [-0.4, -0.2) is 41.6 Å². The molecule has 1 unspecified atom stereocenters. The predicted octanol–water partition coefficient (Wildman–Crippen LogP) is 2.24. The first-order chi connectivity index (χ1) is 9.58. The van der Waals surface area contributed by atoms with Crippen LogP contribution in [0.2, 0.25) is 0 Å². The Bertz CT molecular complexity index is 400. The second kappa shape index (κ2) is 6.77. The fourth-order valence-corrected chi connectivity index (χ4v) is 2.77. The highest BCUT2D eigenvalue weighted by molar-refractivity contribution is 5.76. The minimum atomic E-state index is -0.778. The van der Waals surface area contributed by atoms with Crippen LogP contribution in [0.4, 0.5) is 4.79 Å². The maximum absolute atomic E-state index is 11.9. The molecule has 5 heteroatoms. The van der Waals surface area contributed by atoms with Gasteiger partial charge in [-0.1, -0.05) is 18.6 Å². The van der Waals surface area contributed by atoms with Gasteiger partial charge in [0, 0.05) is 25.6 Å². The largest absolute Gasteiger partial charge is 0.481 e. The molecular formula is C15H24N2O3. The van der Waals surface area contributed by atoms with Gasteiger partial charge in [-0.05, 0) is 32.1 Å². The van der Waals surface area contributed by atoms with E-state index < -0.39 is 5.97 Å². The van der Waals surface area contributed by atoms with Crippen molar-refractivity contribution in [1.29, 1.82) is 0 Å². The SMILES string of the molecule is CC(C(=O)O)C1CN(C(=O)NCCC2=CCCCC2)C1. The lowest BCUT2D eigenvalue weighted by atomic mass is 9.87. The number of hydrogen-bond acceptors (Lipinski definition) is 2. The van der Waals surface area contributed by atoms with Gasteiger partial charge in [0.05, 0.1) is 5.92 Å². The first-order valence-corrected chi connectivity index (χ1v) is 7.51. The molecule has 2 N–H and O–H groups in total. The fraction of sp³-hybridized carbons (Fsp3) is 0.733. The molecule has 1 aliphatic heterocycles. The number of nitrogens with one attached hydrogen (secondary N) is 1. The molecule has 112 valence electrons. The molecule has 20 heavy (non-hydrogen) atoms. The van der Waals surface area contributed by atoms with E-state index in [0.717, 1.165) is 12.8 Å². The summed E-state index contributed by atoms with van der Waals surface area (Å²) in [5, 5.41) is 11.8. The zero-order valence-electron chi connectivity index (χ0n) is 12.1. The van der Waals surface area contributed by atoms with E-state index in [1.54, 1.807) is 11.8 Å². The van der Waals surface area contributed by atoms with E-state index in [1.807, 2.05) is 0 Å². The van der Waals surface area contributed by atoms with Crippen LogP contribution in [0.25, 0.3) is 0 Å². The predicted molar refractivity (Wildman–Crippen MR) is 76.4 cm³/mol. The lowest BCUT2D eigenvalue weighted by molar-refractivity contribution is -0.144. The number of likely N-dealkylation sites (tertiary alicyclic amines) is 1. The molecule has 1 saturated heterocycles. The van der Waals surface area contributed by atoms with Crippen molar-refractivity contribution in [1.82, 2.24) is 10.2 Å². The zero-order valence-corrected chi connectivity index (χ0v) is 12.1. The summed E-state index contributed by atoms with van der Waals surface area (Å²) in [6, 6.07) is -0.0600. The first kappa shape index (κ1) is 14.9. The number of rotatable bonds is 5. The summed E-state index contributed by atoms with van der Waals surface area (Å²) in [5.74, 6) is -1.05. The fourth-order valence-electron chi connectivity index (χ4n) is 2.77. The van der Waals surface area contributed by atoms with Crippen LogP contribution in [0, 0.1) is 11.8 Å². The van der Waals surface area contributed by atoms with Crippen molar-refractivity contribution in [2.45, 2.75) is 39.0 Å². The summed E-state index contributed by atoms with van der Waals surface area (Å²) in [7, 11) is 0. The van der Waals surface area contributed by atoms with Gasteiger partial charge >= 0.3 is 12.0 Å². The van der Waals surface area contributed by atoms with Crippen LogP contribution in [-0.2, 0) is 4.79 Å². The standard InChI is InChI=1S/C15H24N2O3/c1-11(14(18)19)13-9-17(10-13)15(20)16-8-7-12-5-3-2-4-6-12/h5,11,13H,2-4,6-10H2,1H3,(H,16,20)(H,18,19). The molecule has 1 heterocycles. The van der Waals surface area contributed by atoms with Crippen molar-refractivity contribution < 1.29 is 14.7 Å². The molecule has 0 spiro atoms. The molecule has 2 rings (SSSR count). The summed E-state index contributed by atoms with van der Waals surface area (Å²) in [6.45, 7) is 3.50. The first-order valence-electron chi connectivity index (χ1n) is 7.51. The van der Waals surface area contributed by atoms with E-state index in [2.05, 4.69) is 11.4 Å². The number of amides is 2. The Morgan fingerprint density at radius 2 is 2.20 bits per heavy atom. The molecular weight excluding hydrogens is 256 g/mol. The lowest BCUT2D eigenvalue weighted by Gasteiger charge is -2.41. The number of allylic oxidation sites excluding steroid dienone is 1. The maximum atomic E-state index is 11.9. The van der Waals surface area contributed by atoms with Gasteiger partial charge in [0.1, 0.15) is 0 Å². The van der Waals surface area contributed by atoms with Gasteiger partial charge in [-0.3, -0.25) is 4.79 Å². The van der Waals surface area contributed by atoms with Crippen molar-refractivity contribution in [3.05, 3.63) is 11.6 Å². The second-order valence-electron chi connectivity index (χ2n) is 5.88. The molecule has 0 bridgehead atoms. The molecule has 1 fully saturated rings. The van der Waals surface area contributed by atoms with Crippen LogP contribution in [0.5, 0.6) is 0 Å². The monoisotopic (exact) mass is 280 g/mol. The number of carbonyl (C=O) groups is 2. The van der Waals surface area contributed by atoms with Gasteiger partial charge in [0.25, 0.3) is 0 Å².